The van der Waals surface area contributed by atoms with Crippen molar-refractivity contribution < 1.29 is 23.5 Å². The molecule has 7 heteroatoms. The van der Waals surface area contributed by atoms with Crippen LogP contribution in [-0.4, -0.2) is 34.9 Å². The Hall–Kier alpha value is -3.22. The fourth-order valence-electron chi connectivity index (χ4n) is 4.42. The number of ketones is 1. The summed E-state index contributed by atoms with van der Waals surface area (Å²) in [4.78, 5) is 30.3. The van der Waals surface area contributed by atoms with Crippen LogP contribution in [0.5, 0.6) is 5.75 Å². The highest BCUT2D eigenvalue weighted by molar-refractivity contribution is 5.97. The minimum atomic E-state index is -0.593. The topological polar surface area (TPSA) is 69.9 Å². The van der Waals surface area contributed by atoms with E-state index in [2.05, 4.69) is 4.98 Å². The first-order chi connectivity index (χ1) is 14.5. The molecule has 30 heavy (non-hydrogen) atoms. The maximum Gasteiger partial charge on any atom is 0.309 e. The molecule has 6 nitrogen and oxygen atoms in total. The molecule has 2 heterocycles. The average Bonchev–Trinajstić information content (AvgIpc) is 3.26. The fourth-order valence-corrected chi connectivity index (χ4v) is 4.42. The maximum absolute atomic E-state index is 14.3. The molecule has 0 fully saturated rings. The van der Waals surface area contributed by atoms with Crippen LogP contribution in [0.15, 0.2) is 36.5 Å². The zero-order chi connectivity index (χ0) is 21.4. The van der Waals surface area contributed by atoms with E-state index in [9.17, 15) is 14.0 Å². The van der Waals surface area contributed by atoms with Crippen molar-refractivity contribution in [2.24, 2.45) is 5.92 Å². The first-order valence-electron chi connectivity index (χ1n) is 9.95. The van der Waals surface area contributed by atoms with Crippen LogP contribution >= 0.6 is 0 Å². The molecule has 0 saturated carbocycles. The third-order valence-electron chi connectivity index (χ3n) is 5.73. The summed E-state index contributed by atoms with van der Waals surface area (Å²) in [6.45, 7) is 4.14. The number of nitrogens with zero attached hydrogens (tertiary/aromatic N) is 2. The molecule has 0 bridgehead atoms. The minimum absolute atomic E-state index is 0.0592. The molecule has 0 unspecified atom stereocenters. The highest BCUT2D eigenvalue weighted by atomic mass is 19.1. The van der Waals surface area contributed by atoms with Gasteiger partial charge in [-0.3, -0.25) is 14.0 Å². The van der Waals surface area contributed by atoms with Crippen molar-refractivity contribution in [3.8, 4) is 5.75 Å². The van der Waals surface area contributed by atoms with Crippen LogP contribution < -0.4 is 4.74 Å². The highest BCUT2D eigenvalue weighted by Gasteiger charge is 2.41. The number of hydrogen-bond acceptors (Lipinski definition) is 5. The number of ether oxygens (including phenoxy) is 2. The zero-order valence-electron chi connectivity index (χ0n) is 17.1. The number of esters is 1. The average molecular weight is 410 g/mol. The molecule has 0 aliphatic heterocycles. The van der Waals surface area contributed by atoms with Crippen LogP contribution in [0.4, 0.5) is 4.39 Å². The van der Waals surface area contributed by atoms with Gasteiger partial charge in [0.15, 0.2) is 17.2 Å². The van der Waals surface area contributed by atoms with Crippen molar-refractivity contribution in [2.75, 3.05) is 13.7 Å². The molecule has 1 aromatic carbocycles. The quantitative estimate of drug-likeness (QED) is 0.456. The lowest BCUT2D eigenvalue weighted by atomic mass is 9.87. The van der Waals surface area contributed by atoms with Crippen molar-refractivity contribution in [2.45, 2.75) is 32.6 Å². The maximum atomic E-state index is 14.3. The summed E-state index contributed by atoms with van der Waals surface area (Å²) >= 11 is 0. The fraction of sp³-hybridized carbons (Fsp3) is 0.348. The van der Waals surface area contributed by atoms with E-state index in [1.807, 2.05) is 13.0 Å². The second-order valence-corrected chi connectivity index (χ2v) is 7.42. The SMILES string of the molecule is CCOc1cccn2c(C(=O)C[C@@H]3c4cccc(F)c4C[C@H]3C(=O)OC)c(C)nc12. The molecule has 2 atom stereocenters. The molecular formula is C23H23FN2O4. The van der Waals surface area contributed by atoms with Gasteiger partial charge in [-0.15, -0.1) is 0 Å². The third-order valence-corrected chi connectivity index (χ3v) is 5.73. The van der Waals surface area contributed by atoms with Gasteiger partial charge in [-0.2, -0.15) is 0 Å². The lowest BCUT2D eigenvalue weighted by Gasteiger charge is -2.18. The second-order valence-electron chi connectivity index (χ2n) is 7.42. The number of benzene rings is 1. The number of hydrogen-bond donors (Lipinski definition) is 0. The summed E-state index contributed by atoms with van der Waals surface area (Å²) in [5.41, 5.74) is 2.78. The van der Waals surface area contributed by atoms with Crippen LogP contribution in [-0.2, 0) is 16.0 Å². The first-order valence-corrected chi connectivity index (χ1v) is 9.95. The number of halogens is 1. The molecule has 0 spiro atoms. The summed E-state index contributed by atoms with van der Waals surface area (Å²) in [5.74, 6) is -1.40. The Kier molecular flexibility index (Phi) is 5.28. The van der Waals surface area contributed by atoms with Gasteiger partial charge in [0.1, 0.15) is 11.5 Å². The molecule has 156 valence electrons. The van der Waals surface area contributed by atoms with E-state index in [0.29, 0.717) is 40.5 Å². The third kappa shape index (κ3) is 3.24. The molecule has 0 amide bonds. The molecule has 0 saturated heterocycles. The number of fused-ring (bicyclic) bond motifs is 2. The largest absolute Gasteiger partial charge is 0.490 e. The van der Waals surface area contributed by atoms with Crippen LogP contribution in [0, 0.1) is 18.7 Å². The molecule has 2 aromatic heterocycles. The van der Waals surface area contributed by atoms with E-state index in [0.717, 1.165) is 0 Å². The number of carbonyl (C=O) groups is 2. The van der Waals surface area contributed by atoms with Gasteiger partial charge in [-0.25, -0.2) is 9.37 Å². The van der Waals surface area contributed by atoms with Crippen LogP contribution in [0.1, 0.15) is 46.6 Å². The lowest BCUT2D eigenvalue weighted by molar-refractivity contribution is -0.145. The van der Waals surface area contributed by atoms with Crippen molar-refractivity contribution in [1.29, 1.82) is 0 Å². The van der Waals surface area contributed by atoms with Crippen molar-refractivity contribution in [3.05, 3.63) is 64.9 Å². The lowest BCUT2D eigenvalue weighted by Crippen LogP contribution is -2.23. The van der Waals surface area contributed by atoms with E-state index in [4.69, 9.17) is 9.47 Å². The van der Waals surface area contributed by atoms with E-state index in [1.54, 1.807) is 35.7 Å². The van der Waals surface area contributed by atoms with E-state index < -0.39 is 17.8 Å². The minimum Gasteiger partial charge on any atom is -0.490 e. The second kappa shape index (κ2) is 7.89. The van der Waals surface area contributed by atoms with Gasteiger partial charge in [-0.05, 0) is 49.6 Å². The molecule has 4 rings (SSSR count). The van der Waals surface area contributed by atoms with Crippen molar-refractivity contribution in [3.63, 3.8) is 0 Å². The Morgan fingerprint density at radius 2 is 2.07 bits per heavy atom. The standard InChI is InChI=1S/C23H23FN2O4/c1-4-30-20-9-6-10-26-21(13(2)25-22(20)26)19(27)12-15-14-7-5-8-18(24)16(14)11-17(15)23(28)29-3/h5-10,15,17H,4,11-12H2,1-3H3/t15-,17-/m1/s1. The van der Waals surface area contributed by atoms with E-state index in [1.165, 1.54) is 13.2 Å². The van der Waals surface area contributed by atoms with Gasteiger partial charge in [0.05, 0.1) is 25.3 Å². The van der Waals surface area contributed by atoms with Crippen LogP contribution in [0.2, 0.25) is 0 Å². The number of Topliss-reactive ketones (excluding diaryl/α,β-unsaturated/α-hetero) is 1. The Morgan fingerprint density at radius 3 is 2.80 bits per heavy atom. The molecule has 3 aromatic rings. The number of rotatable bonds is 6. The number of methoxy groups -OCH3 is 1. The van der Waals surface area contributed by atoms with Gasteiger partial charge in [0.25, 0.3) is 0 Å². The van der Waals surface area contributed by atoms with Crippen LogP contribution in [0.25, 0.3) is 5.65 Å². The van der Waals surface area contributed by atoms with Crippen molar-refractivity contribution in [1.82, 2.24) is 9.38 Å². The van der Waals surface area contributed by atoms with Gasteiger partial charge in [0.2, 0.25) is 0 Å². The predicted molar refractivity (Wildman–Crippen MR) is 108 cm³/mol. The molecular weight excluding hydrogens is 387 g/mol. The number of aromatic nitrogens is 2. The summed E-state index contributed by atoms with van der Waals surface area (Å²) in [5, 5.41) is 0. The normalized spacial score (nSPS) is 17.7. The number of imidazole rings is 1. The van der Waals surface area contributed by atoms with Crippen LogP contribution in [0.3, 0.4) is 0 Å². The predicted octanol–water partition coefficient (Wildman–Crippen LogP) is 3.88. The highest BCUT2D eigenvalue weighted by Crippen LogP contribution is 2.42. The smallest absolute Gasteiger partial charge is 0.309 e. The van der Waals surface area contributed by atoms with Crippen molar-refractivity contribution >= 4 is 17.4 Å². The molecule has 0 N–H and O–H groups in total. The zero-order valence-corrected chi connectivity index (χ0v) is 17.1. The van der Waals surface area contributed by atoms with Gasteiger partial charge < -0.3 is 9.47 Å². The Bertz CT molecular complexity index is 1140. The summed E-state index contributed by atoms with van der Waals surface area (Å²) in [7, 11) is 1.31. The summed E-state index contributed by atoms with van der Waals surface area (Å²) < 4.78 is 26.6. The van der Waals surface area contributed by atoms with Gasteiger partial charge >= 0.3 is 5.97 Å². The molecule has 1 aliphatic carbocycles. The molecule has 1 aliphatic rings. The molecule has 0 radical (unpaired) electrons. The van der Waals surface area contributed by atoms with Gasteiger partial charge in [-0.1, -0.05) is 12.1 Å². The number of aryl methyl sites for hydroxylation is 1. The Morgan fingerprint density at radius 1 is 1.27 bits per heavy atom. The first kappa shape index (κ1) is 20.1. The van der Waals surface area contributed by atoms with E-state index >= 15 is 0 Å². The monoisotopic (exact) mass is 410 g/mol. The van der Waals surface area contributed by atoms with E-state index in [-0.39, 0.29) is 24.4 Å². The number of carbonyl (C=O) groups excluding carboxylic acids is 2. The Balaban J connectivity index is 1.73. The number of pyridine rings is 1. The Labute approximate surface area is 173 Å². The summed E-state index contributed by atoms with van der Waals surface area (Å²) in [6.07, 6.45) is 2.06. The summed E-state index contributed by atoms with van der Waals surface area (Å²) in [6, 6.07) is 8.38. The van der Waals surface area contributed by atoms with Gasteiger partial charge in [0, 0.05) is 18.5 Å².